The second kappa shape index (κ2) is 9.00. The first-order valence-electron chi connectivity index (χ1n) is 9.46. The Morgan fingerprint density at radius 2 is 2.07 bits per heavy atom. The van der Waals surface area contributed by atoms with Gasteiger partial charge in [-0.3, -0.25) is 4.98 Å². The zero-order chi connectivity index (χ0) is 20.9. The minimum Gasteiger partial charge on any atom is -0.495 e. The Morgan fingerprint density at radius 3 is 2.73 bits per heavy atom. The van der Waals surface area contributed by atoms with Crippen LogP contribution in [0, 0.1) is 0 Å². The molecule has 1 aliphatic heterocycles. The molecule has 3 heterocycles. The molecule has 9 nitrogen and oxygen atoms in total. The lowest BCUT2D eigenvalue weighted by atomic mass is 9.89. The number of methoxy groups -OCH3 is 1. The highest BCUT2D eigenvalue weighted by molar-refractivity contribution is 6.30. The maximum atomic E-state index is 12.6. The molecule has 1 saturated heterocycles. The third kappa shape index (κ3) is 4.62. The van der Waals surface area contributed by atoms with Crippen molar-refractivity contribution in [1.82, 2.24) is 20.4 Å². The molecule has 1 aliphatic rings. The molecule has 3 aromatic rings. The van der Waals surface area contributed by atoms with E-state index in [4.69, 9.17) is 20.9 Å². The van der Waals surface area contributed by atoms with Gasteiger partial charge in [0.05, 0.1) is 13.3 Å². The van der Waals surface area contributed by atoms with Crippen molar-refractivity contribution in [2.45, 2.75) is 18.4 Å². The first-order valence-corrected chi connectivity index (χ1v) is 9.84. The fraction of sp³-hybridized carbons (Fsp3) is 0.300. The number of nitrogens with zero attached hydrogens (tertiary/aromatic N) is 4. The molecule has 4 rings (SSSR count). The van der Waals surface area contributed by atoms with Crippen molar-refractivity contribution in [1.29, 1.82) is 0 Å². The fourth-order valence-corrected chi connectivity index (χ4v) is 3.64. The van der Waals surface area contributed by atoms with E-state index in [1.807, 2.05) is 17.0 Å². The predicted molar refractivity (Wildman–Crippen MR) is 112 cm³/mol. The largest absolute Gasteiger partial charge is 0.495 e. The molecule has 0 radical (unpaired) electrons. The summed E-state index contributed by atoms with van der Waals surface area (Å²) in [6, 6.07) is 10.3. The Kier molecular flexibility index (Phi) is 5.99. The van der Waals surface area contributed by atoms with Gasteiger partial charge >= 0.3 is 6.03 Å². The Morgan fingerprint density at radius 1 is 1.23 bits per heavy atom. The van der Waals surface area contributed by atoms with Crippen LogP contribution in [0.5, 0.6) is 5.75 Å². The van der Waals surface area contributed by atoms with Gasteiger partial charge in [0.25, 0.3) is 5.95 Å². The Balaban J connectivity index is 1.50. The quantitative estimate of drug-likeness (QED) is 0.642. The minimum atomic E-state index is -0.283. The number of pyridine rings is 1. The van der Waals surface area contributed by atoms with E-state index < -0.39 is 0 Å². The Labute approximate surface area is 178 Å². The van der Waals surface area contributed by atoms with E-state index in [2.05, 4.69) is 25.8 Å². The second-order valence-corrected chi connectivity index (χ2v) is 7.34. The van der Waals surface area contributed by atoms with E-state index in [9.17, 15) is 4.79 Å². The number of rotatable bonds is 5. The van der Waals surface area contributed by atoms with Crippen LogP contribution in [0.1, 0.15) is 18.0 Å². The number of benzene rings is 1. The number of hydrogen-bond acceptors (Lipinski definition) is 7. The lowest BCUT2D eigenvalue weighted by molar-refractivity contribution is 0.243. The van der Waals surface area contributed by atoms with Crippen molar-refractivity contribution in [3.63, 3.8) is 0 Å². The van der Waals surface area contributed by atoms with Crippen molar-refractivity contribution < 1.29 is 14.1 Å². The highest BCUT2D eigenvalue weighted by Crippen LogP contribution is 2.29. The molecule has 30 heavy (non-hydrogen) atoms. The molecule has 2 aromatic heterocycles. The molecule has 10 heteroatoms. The summed E-state index contributed by atoms with van der Waals surface area (Å²) in [7, 11) is 1.60. The number of nitrogens with one attached hydrogen (secondary N) is 2. The Hall–Kier alpha value is -3.33. The molecule has 2 amide bonds. The lowest BCUT2D eigenvalue weighted by Crippen LogP contribution is -2.51. The van der Waals surface area contributed by atoms with Crippen molar-refractivity contribution in [2.24, 2.45) is 0 Å². The number of ether oxygens (including phenoxy) is 1. The van der Waals surface area contributed by atoms with E-state index in [1.54, 1.807) is 37.6 Å². The molecule has 0 unspecified atom stereocenters. The smallest absolute Gasteiger partial charge is 0.319 e. The van der Waals surface area contributed by atoms with Crippen LogP contribution in [0.25, 0.3) is 0 Å². The number of halogens is 1. The number of amides is 2. The third-order valence-corrected chi connectivity index (χ3v) is 5.29. The van der Waals surface area contributed by atoms with Crippen molar-refractivity contribution in [2.75, 3.05) is 30.4 Å². The highest BCUT2D eigenvalue weighted by atomic mass is 35.5. The third-order valence-electron chi connectivity index (χ3n) is 5.04. The van der Waals surface area contributed by atoms with Crippen LogP contribution in [-0.2, 0) is 0 Å². The molecule has 0 bridgehead atoms. The number of piperidine rings is 1. The SMILES string of the molecule is COc1ccc([C@@H]2CN(c3ncon3)CC[C@H]2NC(=O)Nc2ccc(Cl)cc2)nc1. The molecular formula is C20H21ClN6O3. The van der Waals surface area contributed by atoms with Gasteiger partial charge in [-0.1, -0.05) is 11.6 Å². The average Bonchev–Trinajstić information content (AvgIpc) is 3.31. The first-order chi connectivity index (χ1) is 14.6. The number of carbonyl (C=O) groups excluding carboxylic acids is 1. The van der Waals surface area contributed by atoms with Gasteiger partial charge in [0, 0.05) is 41.5 Å². The van der Waals surface area contributed by atoms with Crippen LogP contribution in [0.15, 0.2) is 53.5 Å². The summed E-state index contributed by atoms with van der Waals surface area (Å²) in [4.78, 5) is 23.3. The van der Waals surface area contributed by atoms with Gasteiger partial charge in [-0.05, 0) is 48.0 Å². The maximum Gasteiger partial charge on any atom is 0.319 e. The van der Waals surface area contributed by atoms with Crippen LogP contribution in [0.4, 0.5) is 16.4 Å². The molecule has 1 aromatic carbocycles. The van der Waals surface area contributed by atoms with E-state index in [0.29, 0.717) is 41.9 Å². The number of urea groups is 1. The first kappa shape index (κ1) is 20.0. The topological polar surface area (TPSA) is 105 Å². The molecule has 156 valence electrons. The summed E-state index contributed by atoms with van der Waals surface area (Å²) in [6.07, 6.45) is 3.67. The summed E-state index contributed by atoms with van der Waals surface area (Å²) in [5.74, 6) is 1.13. The minimum absolute atomic E-state index is 0.0703. The van der Waals surface area contributed by atoms with Gasteiger partial charge in [0.1, 0.15) is 5.75 Å². The van der Waals surface area contributed by atoms with Gasteiger partial charge in [-0.15, -0.1) is 0 Å². The van der Waals surface area contributed by atoms with Crippen molar-refractivity contribution in [3.8, 4) is 5.75 Å². The monoisotopic (exact) mass is 428 g/mol. The highest BCUT2D eigenvalue weighted by Gasteiger charge is 2.34. The van der Waals surface area contributed by atoms with Gasteiger partial charge in [0.2, 0.25) is 6.39 Å². The van der Waals surface area contributed by atoms with Crippen molar-refractivity contribution in [3.05, 3.63) is 59.7 Å². The van der Waals surface area contributed by atoms with Crippen LogP contribution >= 0.6 is 11.6 Å². The summed E-state index contributed by atoms with van der Waals surface area (Å²) >= 11 is 5.90. The van der Waals surface area contributed by atoms with Gasteiger partial charge in [-0.25, -0.2) is 4.79 Å². The zero-order valence-electron chi connectivity index (χ0n) is 16.3. The summed E-state index contributed by atoms with van der Waals surface area (Å²) in [5, 5.41) is 10.5. The molecule has 2 atom stereocenters. The van der Waals surface area contributed by atoms with E-state index >= 15 is 0 Å². The predicted octanol–water partition coefficient (Wildman–Crippen LogP) is 3.31. The molecule has 2 N–H and O–H groups in total. The van der Waals surface area contributed by atoms with Crippen LogP contribution in [0.3, 0.4) is 0 Å². The van der Waals surface area contributed by atoms with E-state index in [1.165, 1.54) is 6.39 Å². The normalized spacial score (nSPS) is 18.7. The molecule has 0 spiro atoms. The number of carbonyl (C=O) groups is 1. The Bertz CT molecular complexity index is 965. The van der Waals surface area contributed by atoms with E-state index in [0.717, 1.165) is 5.69 Å². The van der Waals surface area contributed by atoms with Gasteiger partial charge < -0.3 is 24.8 Å². The van der Waals surface area contributed by atoms with Gasteiger partial charge in [-0.2, -0.15) is 4.98 Å². The number of anilines is 2. The molecule has 0 saturated carbocycles. The molecule has 0 aliphatic carbocycles. The molecular weight excluding hydrogens is 408 g/mol. The van der Waals surface area contributed by atoms with E-state index in [-0.39, 0.29) is 18.0 Å². The van der Waals surface area contributed by atoms with Crippen LogP contribution in [-0.4, -0.2) is 47.4 Å². The zero-order valence-corrected chi connectivity index (χ0v) is 17.0. The van der Waals surface area contributed by atoms with Crippen molar-refractivity contribution >= 4 is 29.3 Å². The van der Waals surface area contributed by atoms with Gasteiger partial charge in [0.15, 0.2) is 0 Å². The standard InChI is InChI=1S/C20H21ClN6O3/c1-29-15-6-7-17(22-10-15)16-11-27(19-23-12-30-26-19)9-8-18(16)25-20(28)24-14-4-2-13(21)3-5-14/h2-7,10,12,16,18H,8-9,11H2,1H3,(H2,24,25,28)/t16-,18+/m0/s1. The number of hydrogen-bond donors (Lipinski definition) is 2. The maximum absolute atomic E-state index is 12.6. The summed E-state index contributed by atoms with van der Waals surface area (Å²) < 4.78 is 10.1. The average molecular weight is 429 g/mol. The van der Waals surface area contributed by atoms with Crippen LogP contribution < -0.4 is 20.3 Å². The molecule has 1 fully saturated rings. The van der Waals surface area contributed by atoms with Crippen LogP contribution in [0.2, 0.25) is 5.02 Å². The number of aromatic nitrogens is 3. The fourth-order valence-electron chi connectivity index (χ4n) is 3.51. The lowest BCUT2D eigenvalue weighted by Gasteiger charge is -2.38. The summed E-state index contributed by atoms with van der Waals surface area (Å²) in [5.41, 5.74) is 1.51. The summed E-state index contributed by atoms with van der Waals surface area (Å²) in [6.45, 7) is 1.27. The second-order valence-electron chi connectivity index (χ2n) is 6.91.